The minimum atomic E-state index is 0.285. The zero-order chi connectivity index (χ0) is 13.1. The van der Waals surface area contributed by atoms with Crippen molar-refractivity contribution in [3.05, 3.63) is 0 Å². The van der Waals surface area contributed by atoms with Gasteiger partial charge in [0, 0.05) is 19.0 Å². The number of nitrogens with zero attached hydrogens (tertiary/aromatic N) is 2. The van der Waals surface area contributed by atoms with Gasteiger partial charge in [0.05, 0.1) is 0 Å². The Morgan fingerprint density at radius 1 is 1.41 bits per heavy atom. The summed E-state index contributed by atoms with van der Waals surface area (Å²) in [7, 11) is 0. The summed E-state index contributed by atoms with van der Waals surface area (Å²) in [5.41, 5.74) is 5.39. The smallest absolute Gasteiger partial charge is 0.140 e. The lowest BCUT2D eigenvalue weighted by molar-refractivity contribution is 0.290. The molecule has 0 saturated carbocycles. The molecule has 0 aromatic heterocycles. The molecule has 4 N–H and O–H groups in total. The van der Waals surface area contributed by atoms with E-state index in [1.165, 1.54) is 13.0 Å². The van der Waals surface area contributed by atoms with Gasteiger partial charge in [-0.15, -0.1) is 0 Å². The van der Waals surface area contributed by atoms with Gasteiger partial charge in [-0.05, 0) is 39.4 Å². The van der Waals surface area contributed by atoms with Crippen molar-refractivity contribution in [1.82, 2.24) is 10.2 Å². The fourth-order valence-corrected chi connectivity index (χ4v) is 1.76. The second-order valence-corrected chi connectivity index (χ2v) is 4.37. The number of oxime groups is 1. The molecule has 0 aliphatic carbocycles. The van der Waals surface area contributed by atoms with Crippen molar-refractivity contribution in [3.63, 3.8) is 0 Å². The molecule has 0 spiro atoms. The lowest BCUT2D eigenvalue weighted by Crippen LogP contribution is -2.31. The number of hydrogen-bond acceptors (Lipinski definition) is 4. The average molecular weight is 244 g/mol. The molecule has 1 unspecified atom stereocenters. The van der Waals surface area contributed by atoms with Gasteiger partial charge in [0.2, 0.25) is 0 Å². The molecule has 5 heteroatoms. The third-order valence-corrected chi connectivity index (χ3v) is 3.01. The molecular formula is C12H28N4O. The molecule has 0 saturated heterocycles. The predicted molar refractivity (Wildman–Crippen MR) is 72.5 cm³/mol. The maximum atomic E-state index is 8.39. The zero-order valence-corrected chi connectivity index (χ0v) is 11.4. The van der Waals surface area contributed by atoms with Crippen LogP contribution in [0.1, 0.15) is 40.0 Å². The first-order chi connectivity index (χ1) is 8.13. The Labute approximate surface area is 105 Å². The minimum Gasteiger partial charge on any atom is -0.409 e. The van der Waals surface area contributed by atoms with Crippen LogP contribution in [0.5, 0.6) is 0 Å². The van der Waals surface area contributed by atoms with E-state index in [1.54, 1.807) is 0 Å². The van der Waals surface area contributed by atoms with Gasteiger partial charge in [-0.2, -0.15) is 0 Å². The van der Waals surface area contributed by atoms with Gasteiger partial charge in [-0.1, -0.05) is 19.0 Å². The molecule has 0 amide bonds. The van der Waals surface area contributed by atoms with Crippen LogP contribution >= 0.6 is 0 Å². The molecule has 0 aliphatic heterocycles. The molecule has 102 valence electrons. The van der Waals surface area contributed by atoms with E-state index in [-0.39, 0.29) is 5.84 Å². The molecule has 5 nitrogen and oxygen atoms in total. The van der Waals surface area contributed by atoms with Crippen LogP contribution in [0.15, 0.2) is 5.16 Å². The highest BCUT2D eigenvalue weighted by Crippen LogP contribution is 1.99. The highest BCUT2D eigenvalue weighted by atomic mass is 16.4. The molecule has 0 fully saturated rings. The number of hydrogen-bond donors (Lipinski definition) is 3. The summed E-state index contributed by atoms with van der Waals surface area (Å²) < 4.78 is 0. The molecule has 0 radical (unpaired) electrons. The second kappa shape index (κ2) is 10.4. The first kappa shape index (κ1) is 16.2. The van der Waals surface area contributed by atoms with Gasteiger partial charge in [-0.25, -0.2) is 0 Å². The summed E-state index contributed by atoms with van der Waals surface area (Å²) in [5, 5.41) is 14.7. The average Bonchev–Trinajstić information content (AvgIpc) is 2.34. The van der Waals surface area contributed by atoms with Crippen LogP contribution in [0.25, 0.3) is 0 Å². The Kier molecular flexibility index (Phi) is 9.86. The summed E-state index contributed by atoms with van der Waals surface area (Å²) in [6.45, 7) is 10.8. The fourth-order valence-electron chi connectivity index (χ4n) is 1.76. The van der Waals surface area contributed by atoms with Crippen molar-refractivity contribution in [2.45, 2.75) is 46.1 Å². The Balaban J connectivity index is 3.49. The van der Waals surface area contributed by atoms with Crippen molar-refractivity contribution >= 4 is 5.84 Å². The lowest BCUT2D eigenvalue weighted by Gasteiger charge is -2.19. The minimum absolute atomic E-state index is 0.285. The summed E-state index contributed by atoms with van der Waals surface area (Å²) in [6.07, 6.45) is 2.96. The van der Waals surface area contributed by atoms with E-state index in [2.05, 4.69) is 36.1 Å². The zero-order valence-electron chi connectivity index (χ0n) is 11.4. The highest BCUT2D eigenvalue weighted by Gasteiger charge is 2.03. The monoisotopic (exact) mass is 244 g/mol. The van der Waals surface area contributed by atoms with Gasteiger partial charge < -0.3 is 21.2 Å². The Morgan fingerprint density at radius 3 is 2.59 bits per heavy atom. The fraction of sp³-hybridized carbons (Fsp3) is 0.917. The van der Waals surface area contributed by atoms with Gasteiger partial charge in [-0.3, -0.25) is 0 Å². The first-order valence-corrected chi connectivity index (χ1v) is 6.56. The van der Waals surface area contributed by atoms with Crippen molar-refractivity contribution in [2.24, 2.45) is 10.9 Å². The van der Waals surface area contributed by atoms with E-state index in [1.807, 2.05) is 0 Å². The van der Waals surface area contributed by atoms with Crippen molar-refractivity contribution < 1.29 is 5.21 Å². The van der Waals surface area contributed by atoms with Gasteiger partial charge in [0.15, 0.2) is 0 Å². The van der Waals surface area contributed by atoms with E-state index in [9.17, 15) is 0 Å². The second-order valence-electron chi connectivity index (χ2n) is 4.37. The highest BCUT2D eigenvalue weighted by molar-refractivity contribution is 5.79. The third-order valence-electron chi connectivity index (χ3n) is 3.01. The van der Waals surface area contributed by atoms with Crippen LogP contribution < -0.4 is 11.1 Å². The van der Waals surface area contributed by atoms with Crippen LogP contribution in [0, 0.1) is 0 Å². The van der Waals surface area contributed by atoms with Crippen molar-refractivity contribution in [3.8, 4) is 0 Å². The van der Waals surface area contributed by atoms with Gasteiger partial charge >= 0.3 is 0 Å². The molecule has 0 heterocycles. The number of rotatable bonds is 10. The Hall–Kier alpha value is -0.810. The van der Waals surface area contributed by atoms with Gasteiger partial charge in [0.25, 0.3) is 0 Å². The van der Waals surface area contributed by atoms with E-state index >= 15 is 0 Å². The molecule has 0 aliphatic rings. The molecule has 0 aromatic rings. The molecule has 0 aromatic carbocycles. The summed E-state index contributed by atoms with van der Waals surface area (Å²) in [6, 6.07) is 0.483. The van der Waals surface area contributed by atoms with E-state index < -0.39 is 0 Å². The normalized spacial score (nSPS) is 14.2. The summed E-state index contributed by atoms with van der Waals surface area (Å²) in [5.74, 6) is 0.285. The van der Waals surface area contributed by atoms with Crippen LogP contribution in [-0.4, -0.2) is 48.2 Å². The Bertz CT molecular complexity index is 205. The van der Waals surface area contributed by atoms with Crippen LogP contribution in [-0.2, 0) is 0 Å². The largest absolute Gasteiger partial charge is 0.409 e. The quantitative estimate of drug-likeness (QED) is 0.234. The Morgan fingerprint density at radius 2 is 2.06 bits per heavy atom. The molecule has 17 heavy (non-hydrogen) atoms. The van der Waals surface area contributed by atoms with Gasteiger partial charge in [0.1, 0.15) is 5.84 Å². The maximum Gasteiger partial charge on any atom is 0.140 e. The number of amidine groups is 1. The van der Waals surface area contributed by atoms with Crippen LogP contribution in [0.4, 0.5) is 0 Å². The standard InChI is InChI=1S/C12H28N4O/c1-4-16(5-2)10-6-7-11(3)14-9-8-12(13)15-17/h11,14,17H,4-10H2,1-3H3,(H2,13,15). The van der Waals surface area contributed by atoms with Crippen LogP contribution in [0.2, 0.25) is 0 Å². The molecule has 0 rings (SSSR count). The van der Waals surface area contributed by atoms with E-state index in [0.717, 1.165) is 26.1 Å². The van der Waals surface area contributed by atoms with Crippen molar-refractivity contribution in [1.29, 1.82) is 0 Å². The summed E-state index contributed by atoms with van der Waals surface area (Å²) >= 11 is 0. The predicted octanol–water partition coefficient (Wildman–Crippen LogP) is 1.22. The molecule has 1 atom stereocenters. The van der Waals surface area contributed by atoms with Crippen LogP contribution in [0.3, 0.4) is 0 Å². The third kappa shape index (κ3) is 8.94. The van der Waals surface area contributed by atoms with E-state index in [0.29, 0.717) is 12.5 Å². The summed E-state index contributed by atoms with van der Waals surface area (Å²) in [4.78, 5) is 2.43. The molecular weight excluding hydrogens is 216 g/mol. The first-order valence-electron chi connectivity index (χ1n) is 6.56. The SMILES string of the molecule is CCN(CC)CCCC(C)NCC/C(N)=N/O. The van der Waals surface area contributed by atoms with E-state index in [4.69, 9.17) is 10.9 Å². The number of nitrogens with two attached hydrogens (primary N) is 1. The number of nitrogens with one attached hydrogen (secondary N) is 1. The maximum absolute atomic E-state index is 8.39. The molecule has 0 bridgehead atoms. The topological polar surface area (TPSA) is 73.9 Å². The van der Waals surface area contributed by atoms with Crippen molar-refractivity contribution in [2.75, 3.05) is 26.2 Å². The lowest BCUT2D eigenvalue weighted by atomic mass is 10.1.